The number of nitrogens with zero attached hydrogens (tertiary/aromatic N) is 5. The van der Waals surface area contributed by atoms with Crippen molar-refractivity contribution in [3.63, 3.8) is 0 Å². The number of thioether (sulfide) groups is 1. The highest BCUT2D eigenvalue weighted by Gasteiger charge is 2.31. The zero-order chi connectivity index (χ0) is 24.1. The second kappa shape index (κ2) is 9.18. The number of hydrogen-bond donors (Lipinski definition) is 2. The van der Waals surface area contributed by atoms with Crippen LogP contribution < -0.4 is 21.7 Å². The van der Waals surface area contributed by atoms with Crippen molar-refractivity contribution in [2.45, 2.75) is 42.8 Å². The van der Waals surface area contributed by atoms with Gasteiger partial charge in [-0.3, -0.25) is 14.6 Å². The van der Waals surface area contributed by atoms with Gasteiger partial charge in [-0.2, -0.15) is 0 Å². The van der Waals surface area contributed by atoms with Crippen LogP contribution in [0.25, 0.3) is 11.0 Å². The van der Waals surface area contributed by atoms with E-state index in [1.807, 2.05) is 16.7 Å². The van der Waals surface area contributed by atoms with Crippen molar-refractivity contribution < 1.29 is 4.79 Å². The number of nitrogens with one attached hydrogen (secondary N) is 1. The summed E-state index contributed by atoms with van der Waals surface area (Å²) >= 11 is 8.02. The van der Waals surface area contributed by atoms with Crippen LogP contribution >= 0.6 is 23.4 Å². The Kier molecular flexibility index (Phi) is 6.01. The third-order valence-electron chi connectivity index (χ3n) is 7.19. The van der Waals surface area contributed by atoms with Gasteiger partial charge < -0.3 is 14.8 Å². The zero-order valence-corrected chi connectivity index (χ0v) is 20.7. The van der Waals surface area contributed by atoms with Gasteiger partial charge in [-0.15, -0.1) is 11.8 Å². The molecule has 1 fully saturated rings. The predicted octanol–water partition coefficient (Wildman–Crippen LogP) is 2.11. The van der Waals surface area contributed by atoms with Gasteiger partial charge in [-0.25, -0.2) is 15.8 Å². The Morgan fingerprint density at radius 2 is 2.00 bits per heavy atom. The quantitative estimate of drug-likeness (QED) is 0.396. The van der Waals surface area contributed by atoms with E-state index < -0.39 is 0 Å². The molecule has 0 radical (unpaired) electrons. The fourth-order valence-electron chi connectivity index (χ4n) is 5.36. The Labute approximate surface area is 211 Å². The van der Waals surface area contributed by atoms with Gasteiger partial charge >= 0.3 is 0 Å². The standard InChI is InChI=1S/C24H26ClN7O2S/c25-17-10-28-18-2-4-20(33)31-12-14(22(17)23(18)31)11-30-7-5-15(6-8-30)27-9-16-1-3-19-24(29-16)32(26)21(34)13-35-19/h1-4,10,14-15,27H,5-9,11-13,26H2. The lowest BCUT2D eigenvalue weighted by molar-refractivity contribution is -0.116. The number of halogens is 1. The minimum atomic E-state index is -0.128. The molecule has 3 N–H and O–H groups in total. The number of hydrazine groups is 1. The van der Waals surface area contributed by atoms with E-state index >= 15 is 0 Å². The molecule has 1 saturated heterocycles. The van der Waals surface area contributed by atoms with Gasteiger partial charge in [0.2, 0.25) is 0 Å². The molecule has 0 aromatic carbocycles. The van der Waals surface area contributed by atoms with E-state index in [1.165, 1.54) is 11.8 Å². The first-order valence-corrected chi connectivity index (χ1v) is 13.2. The molecule has 0 aliphatic carbocycles. The summed E-state index contributed by atoms with van der Waals surface area (Å²) in [5, 5.41) is 5.42. The summed E-state index contributed by atoms with van der Waals surface area (Å²) in [5.74, 6) is 6.85. The average molecular weight is 512 g/mol. The van der Waals surface area contributed by atoms with Gasteiger partial charge in [0, 0.05) is 49.4 Å². The van der Waals surface area contributed by atoms with E-state index in [2.05, 4.69) is 20.2 Å². The molecule has 3 aliphatic heterocycles. The number of nitrogens with two attached hydrogens (primary N) is 1. The second-order valence-electron chi connectivity index (χ2n) is 9.37. The molecule has 182 valence electrons. The Morgan fingerprint density at radius 3 is 2.83 bits per heavy atom. The third kappa shape index (κ3) is 4.23. The number of likely N-dealkylation sites (tertiary alicyclic amines) is 1. The summed E-state index contributed by atoms with van der Waals surface area (Å²) < 4.78 is 1.82. The summed E-state index contributed by atoms with van der Waals surface area (Å²) in [6, 6.07) is 7.76. The minimum Gasteiger partial charge on any atom is -0.308 e. The number of fused-ring (bicyclic) bond motifs is 1. The first-order valence-electron chi connectivity index (χ1n) is 11.8. The number of amides is 1. The molecule has 6 rings (SSSR count). The van der Waals surface area contributed by atoms with Crippen molar-refractivity contribution in [3.05, 3.63) is 57.1 Å². The van der Waals surface area contributed by atoms with Gasteiger partial charge in [0.1, 0.15) is 0 Å². The lowest BCUT2D eigenvalue weighted by Crippen LogP contribution is -2.44. The molecular formula is C24H26ClN7O2S. The average Bonchev–Trinajstić information content (AvgIpc) is 3.26. The van der Waals surface area contributed by atoms with Crippen molar-refractivity contribution in [2.75, 3.05) is 30.4 Å². The lowest BCUT2D eigenvalue weighted by atomic mass is 9.98. The minimum absolute atomic E-state index is 0.00438. The molecule has 0 bridgehead atoms. The van der Waals surface area contributed by atoms with Crippen LogP contribution in [-0.4, -0.2) is 56.8 Å². The Bertz CT molecular complexity index is 1370. The lowest BCUT2D eigenvalue weighted by Gasteiger charge is -2.34. The SMILES string of the molecule is NN1C(=O)CSc2ccc(CNC3CCN(CC4Cn5c(=O)ccc6ncc(Cl)c4c65)CC3)nc21. The topological polar surface area (TPSA) is 109 Å². The summed E-state index contributed by atoms with van der Waals surface area (Å²) in [5.41, 5.74) is 3.65. The van der Waals surface area contributed by atoms with Crippen LogP contribution in [-0.2, 0) is 17.9 Å². The molecule has 6 heterocycles. The van der Waals surface area contributed by atoms with Crippen molar-refractivity contribution in [3.8, 4) is 0 Å². The molecule has 3 aromatic rings. The number of anilines is 1. The molecule has 11 heteroatoms. The number of hydrogen-bond acceptors (Lipinski definition) is 8. The largest absolute Gasteiger partial charge is 0.308 e. The maximum Gasteiger partial charge on any atom is 0.252 e. The van der Waals surface area contributed by atoms with Crippen LogP contribution in [0, 0.1) is 0 Å². The second-order valence-corrected chi connectivity index (χ2v) is 10.8. The van der Waals surface area contributed by atoms with Gasteiger partial charge in [0.15, 0.2) is 5.82 Å². The smallest absolute Gasteiger partial charge is 0.252 e. The van der Waals surface area contributed by atoms with Crippen LogP contribution in [0.4, 0.5) is 5.82 Å². The summed E-state index contributed by atoms with van der Waals surface area (Å²) in [6.45, 7) is 4.11. The van der Waals surface area contributed by atoms with E-state index in [0.29, 0.717) is 35.7 Å². The molecule has 0 saturated carbocycles. The van der Waals surface area contributed by atoms with Crippen molar-refractivity contribution >= 4 is 46.1 Å². The highest BCUT2D eigenvalue weighted by atomic mass is 35.5. The molecule has 35 heavy (non-hydrogen) atoms. The monoisotopic (exact) mass is 511 g/mol. The van der Waals surface area contributed by atoms with Crippen LogP contribution in [0.2, 0.25) is 5.02 Å². The van der Waals surface area contributed by atoms with Crippen molar-refractivity contribution in [1.29, 1.82) is 0 Å². The Balaban J connectivity index is 1.06. The number of aromatic nitrogens is 3. The molecule has 1 unspecified atom stereocenters. The third-order valence-corrected chi connectivity index (χ3v) is 8.51. The number of carbonyl (C=O) groups is 1. The number of carbonyl (C=O) groups excluding carboxylic acids is 1. The van der Waals surface area contributed by atoms with E-state index in [9.17, 15) is 9.59 Å². The zero-order valence-electron chi connectivity index (χ0n) is 19.1. The molecule has 1 amide bonds. The highest BCUT2D eigenvalue weighted by Crippen LogP contribution is 2.37. The maximum atomic E-state index is 12.4. The van der Waals surface area contributed by atoms with Gasteiger partial charge in [-0.05, 0) is 44.1 Å². The summed E-state index contributed by atoms with van der Waals surface area (Å²) in [6.07, 6.45) is 3.76. The first kappa shape index (κ1) is 22.9. The van der Waals surface area contributed by atoms with E-state index in [-0.39, 0.29) is 17.4 Å². The first-order chi connectivity index (χ1) is 17.0. The number of rotatable bonds is 5. The Hall–Kier alpha value is -2.50. The van der Waals surface area contributed by atoms with E-state index in [1.54, 1.807) is 18.3 Å². The normalized spacial score (nSPS) is 20.6. The highest BCUT2D eigenvalue weighted by molar-refractivity contribution is 8.00. The number of piperidine rings is 1. The van der Waals surface area contributed by atoms with Crippen LogP contribution in [0.1, 0.15) is 30.0 Å². The maximum absolute atomic E-state index is 12.4. The molecule has 0 spiro atoms. The van der Waals surface area contributed by atoms with Gasteiger partial charge in [-0.1, -0.05) is 11.6 Å². The van der Waals surface area contributed by atoms with Crippen molar-refractivity contribution in [2.24, 2.45) is 5.84 Å². The van der Waals surface area contributed by atoms with Gasteiger partial charge in [0.05, 0.1) is 32.4 Å². The van der Waals surface area contributed by atoms with Crippen LogP contribution in [0.3, 0.4) is 0 Å². The molecule has 1 atom stereocenters. The van der Waals surface area contributed by atoms with Crippen LogP contribution in [0.5, 0.6) is 0 Å². The fourth-order valence-corrected chi connectivity index (χ4v) is 6.51. The molecular weight excluding hydrogens is 486 g/mol. The molecule has 3 aliphatic rings. The molecule has 3 aromatic heterocycles. The predicted molar refractivity (Wildman–Crippen MR) is 137 cm³/mol. The molecule has 9 nitrogen and oxygen atoms in total. The number of pyridine rings is 3. The summed E-state index contributed by atoms with van der Waals surface area (Å²) in [7, 11) is 0. The van der Waals surface area contributed by atoms with Gasteiger partial charge in [0.25, 0.3) is 11.5 Å². The summed E-state index contributed by atoms with van der Waals surface area (Å²) in [4.78, 5) is 36.7. The van der Waals surface area contributed by atoms with E-state index in [4.69, 9.17) is 17.4 Å². The Morgan fingerprint density at radius 1 is 1.17 bits per heavy atom. The van der Waals surface area contributed by atoms with E-state index in [0.717, 1.165) is 64.7 Å². The fraction of sp³-hybridized carbons (Fsp3) is 0.417. The van der Waals surface area contributed by atoms with Crippen molar-refractivity contribution in [1.82, 2.24) is 24.8 Å². The van der Waals surface area contributed by atoms with Crippen LogP contribution in [0.15, 0.2) is 40.2 Å².